The van der Waals surface area contributed by atoms with E-state index in [2.05, 4.69) is 26.9 Å². The van der Waals surface area contributed by atoms with Gasteiger partial charge in [-0.2, -0.15) is 0 Å². The summed E-state index contributed by atoms with van der Waals surface area (Å²) in [5, 5.41) is 8.60. The molecule has 2 aromatic heterocycles. The van der Waals surface area contributed by atoms with Crippen molar-refractivity contribution in [1.82, 2.24) is 30.2 Å². The van der Waals surface area contributed by atoms with Crippen LogP contribution in [-0.2, 0) is 42.2 Å². The van der Waals surface area contributed by atoms with Gasteiger partial charge in [0.05, 0.1) is 41.7 Å². The first-order chi connectivity index (χ1) is 29.6. The standard InChI is InChI=1S/C44H56N6O10S2/c1-6-28-20-44(28,41(53)49-62(55,56)31-13-14-31)48-39(51)34-17-30-21-50(34)40(52)38(26-10-7-8-11-26)47-42(54)59-24-43(3,4)15-9-12-27-16-32-33(18-35(27)57-5)46-37(19-36(32)60-30)58-22-29-23-61-25(2)45-29/h6,16,18-19,23,26,28,30-31,34,38H,1,7-15,17,20-22,24H2,2-5H3,(H,47,54)(H,48,51)(H,49,53)/t28-,30-,34+,38+,44-/m1/s1. The number of cyclic esters (lactones) is 1. The average molecular weight is 893 g/mol. The lowest BCUT2D eigenvalue weighted by Gasteiger charge is -2.32. The number of nitrogens with one attached hydrogen (secondary N) is 3. The molecule has 1 aromatic carbocycles. The molecule has 18 heteroatoms. The van der Waals surface area contributed by atoms with E-state index < -0.39 is 74.1 Å². The molecule has 0 spiro atoms. The Balaban J connectivity index is 1.16. The first-order valence-corrected chi connectivity index (χ1v) is 24.0. The highest BCUT2D eigenvalue weighted by Crippen LogP contribution is 2.46. The zero-order valence-corrected chi connectivity index (χ0v) is 37.3. The summed E-state index contributed by atoms with van der Waals surface area (Å²) in [6, 6.07) is 3.40. The molecule has 2 aliphatic heterocycles. The fourth-order valence-electron chi connectivity index (χ4n) is 9.11. The predicted molar refractivity (Wildman–Crippen MR) is 230 cm³/mol. The molecule has 1 saturated heterocycles. The molecule has 5 atom stereocenters. The van der Waals surface area contributed by atoms with E-state index in [0.717, 1.165) is 41.9 Å². The Morgan fingerprint density at radius 2 is 1.89 bits per heavy atom. The monoisotopic (exact) mass is 892 g/mol. The molecule has 3 N–H and O–H groups in total. The van der Waals surface area contributed by atoms with Gasteiger partial charge in [0, 0.05) is 35.2 Å². The Bertz CT molecular complexity index is 2360. The molecule has 16 nitrogen and oxygen atoms in total. The van der Waals surface area contributed by atoms with Gasteiger partial charge in [0.1, 0.15) is 41.8 Å². The number of ether oxygens (including phenoxy) is 4. The van der Waals surface area contributed by atoms with Crippen LogP contribution in [0.1, 0.15) is 94.3 Å². The van der Waals surface area contributed by atoms with Crippen molar-refractivity contribution in [3.63, 3.8) is 0 Å². The Kier molecular flexibility index (Phi) is 12.2. The van der Waals surface area contributed by atoms with Gasteiger partial charge in [-0.15, -0.1) is 17.9 Å². The number of amides is 4. The topological polar surface area (TPSA) is 204 Å². The minimum absolute atomic E-state index is 0.0194. The van der Waals surface area contributed by atoms with Crippen LogP contribution in [0.25, 0.3) is 10.9 Å². The van der Waals surface area contributed by atoms with E-state index in [4.69, 9.17) is 23.9 Å². The van der Waals surface area contributed by atoms with Gasteiger partial charge in [-0.3, -0.25) is 19.1 Å². The number of alkyl carbamates (subject to hydrolysis) is 1. The van der Waals surface area contributed by atoms with Crippen molar-refractivity contribution >= 4 is 56.1 Å². The third-order valence-corrected chi connectivity index (χ3v) is 15.5. The minimum atomic E-state index is -3.92. The van der Waals surface area contributed by atoms with E-state index in [9.17, 15) is 27.6 Å². The fourth-order valence-corrected chi connectivity index (χ4v) is 11.1. The summed E-state index contributed by atoms with van der Waals surface area (Å²) < 4.78 is 52.6. The Morgan fingerprint density at radius 1 is 1.11 bits per heavy atom. The summed E-state index contributed by atoms with van der Waals surface area (Å²) >= 11 is 1.52. The highest BCUT2D eigenvalue weighted by Gasteiger charge is 2.62. The van der Waals surface area contributed by atoms with Crippen LogP contribution in [0.15, 0.2) is 36.2 Å². The van der Waals surface area contributed by atoms with Gasteiger partial charge in [-0.05, 0) is 81.3 Å². The second kappa shape index (κ2) is 17.3. The zero-order chi connectivity index (χ0) is 44.0. The van der Waals surface area contributed by atoms with E-state index in [0.29, 0.717) is 54.5 Å². The van der Waals surface area contributed by atoms with Gasteiger partial charge >= 0.3 is 6.09 Å². The molecule has 62 heavy (non-hydrogen) atoms. The van der Waals surface area contributed by atoms with Crippen LogP contribution in [0, 0.1) is 24.2 Å². The smallest absolute Gasteiger partial charge is 0.407 e. The fraction of sp³-hybridized carbons (Fsp3) is 0.591. The van der Waals surface area contributed by atoms with Crippen molar-refractivity contribution in [3.8, 4) is 17.4 Å². The van der Waals surface area contributed by atoms with Crippen LogP contribution in [0.3, 0.4) is 0 Å². The summed E-state index contributed by atoms with van der Waals surface area (Å²) in [7, 11) is -2.32. The molecule has 334 valence electrons. The molecule has 3 aromatic rings. The molecule has 0 radical (unpaired) electrons. The lowest BCUT2D eigenvalue weighted by atomic mass is 9.87. The summed E-state index contributed by atoms with van der Waals surface area (Å²) in [5.74, 6) is -1.35. The number of carbonyl (C=O) groups is 4. The van der Waals surface area contributed by atoms with Crippen molar-refractivity contribution in [1.29, 1.82) is 0 Å². The van der Waals surface area contributed by atoms with E-state index in [1.54, 1.807) is 13.2 Å². The number of aryl methyl sites for hydroxylation is 2. The van der Waals surface area contributed by atoms with Gasteiger partial charge in [-0.25, -0.2) is 23.2 Å². The molecule has 4 heterocycles. The number of benzene rings is 1. The van der Waals surface area contributed by atoms with Crippen LogP contribution in [-0.4, -0.2) is 96.3 Å². The second-order valence-electron chi connectivity index (χ2n) is 18.2. The third kappa shape index (κ3) is 9.36. The first kappa shape index (κ1) is 43.7. The summed E-state index contributed by atoms with van der Waals surface area (Å²) in [6.45, 7) is 10.0. The minimum Gasteiger partial charge on any atom is -0.496 e. The highest BCUT2D eigenvalue weighted by molar-refractivity contribution is 7.91. The third-order valence-electron chi connectivity index (χ3n) is 12.9. The Morgan fingerprint density at radius 3 is 2.56 bits per heavy atom. The van der Waals surface area contributed by atoms with Crippen molar-refractivity contribution in [3.05, 3.63) is 52.5 Å². The number of sulfonamides is 1. The number of pyridine rings is 1. The van der Waals surface area contributed by atoms with Crippen molar-refractivity contribution in [2.24, 2.45) is 17.3 Å². The Hall–Kier alpha value is -4.97. The molecule has 3 saturated carbocycles. The molecule has 5 aliphatic rings. The van der Waals surface area contributed by atoms with E-state index >= 15 is 0 Å². The number of thiazole rings is 1. The summed E-state index contributed by atoms with van der Waals surface area (Å²) in [5.41, 5.74) is 0.259. The van der Waals surface area contributed by atoms with Crippen LogP contribution < -0.4 is 29.6 Å². The SMILES string of the molecule is C=C[C@@H]1C[C@]1(NC(=O)[C@@H]1C[C@@H]2CN1C(=O)[C@H](C1CCCC1)NC(=O)OCC(C)(C)CCCc1cc3c(cc(OCc4csc(C)n4)nc3cc1OC)O2)C(=O)NS(=O)(=O)C1CC1. The first-order valence-electron chi connectivity index (χ1n) is 21.5. The Labute approximate surface area is 365 Å². The van der Waals surface area contributed by atoms with Crippen LogP contribution in [0.5, 0.6) is 17.4 Å². The van der Waals surface area contributed by atoms with Crippen molar-refractivity contribution in [2.75, 3.05) is 20.3 Å². The maximum absolute atomic E-state index is 15.0. The number of hydrogen-bond acceptors (Lipinski definition) is 13. The molecule has 8 rings (SSSR count). The number of carbonyl (C=O) groups excluding carboxylic acids is 4. The second-order valence-corrected chi connectivity index (χ2v) is 21.2. The maximum atomic E-state index is 15.0. The molecule has 3 aliphatic carbocycles. The van der Waals surface area contributed by atoms with Crippen LogP contribution in [0.4, 0.5) is 4.79 Å². The maximum Gasteiger partial charge on any atom is 0.407 e. The summed E-state index contributed by atoms with van der Waals surface area (Å²) in [4.78, 5) is 67.6. The van der Waals surface area contributed by atoms with Gasteiger partial charge in [-0.1, -0.05) is 32.8 Å². The molecule has 4 amide bonds. The lowest BCUT2D eigenvalue weighted by Crippen LogP contribution is -2.59. The quantitative estimate of drug-likeness (QED) is 0.211. The number of methoxy groups -OCH3 is 1. The molecule has 4 fully saturated rings. The van der Waals surface area contributed by atoms with Crippen molar-refractivity contribution < 1.29 is 46.5 Å². The van der Waals surface area contributed by atoms with Crippen LogP contribution >= 0.6 is 11.3 Å². The number of aromatic nitrogens is 2. The van der Waals surface area contributed by atoms with E-state index in [1.807, 2.05) is 38.3 Å². The van der Waals surface area contributed by atoms with Gasteiger partial charge in [0.25, 0.3) is 5.91 Å². The van der Waals surface area contributed by atoms with Crippen LogP contribution in [0.2, 0.25) is 0 Å². The lowest BCUT2D eigenvalue weighted by molar-refractivity contribution is -0.142. The number of rotatable bonds is 11. The molecular weight excluding hydrogens is 837 g/mol. The highest BCUT2D eigenvalue weighted by atomic mass is 32.2. The number of hydrogen-bond donors (Lipinski definition) is 3. The normalized spacial score (nSPS) is 26.7. The number of nitrogens with zero attached hydrogens (tertiary/aromatic N) is 3. The average Bonchev–Trinajstić information content (AvgIpc) is 4.03. The van der Waals surface area contributed by atoms with E-state index in [-0.39, 0.29) is 44.4 Å². The number of fused-ring (bicyclic) bond motifs is 3. The summed E-state index contributed by atoms with van der Waals surface area (Å²) in [6.07, 6.45) is 6.42. The zero-order valence-electron chi connectivity index (χ0n) is 35.7. The van der Waals surface area contributed by atoms with Gasteiger partial charge in [0.15, 0.2) is 0 Å². The molecular formula is C44H56N6O10S2. The molecule has 0 unspecified atom stereocenters. The largest absolute Gasteiger partial charge is 0.496 e. The van der Waals surface area contributed by atoms with Crippen molar-refractivity contribution in [2.45, 2.75) is 127 Å². The van der Waals surface area contributed by atoms with E-state index in [1.165, 1.54) is 22.3 Å². The van der Waals surface area contributed by atoms with Gasteiger partial charge in [0.2, 0.25) is 27.7 Å². The van der Waals surface area contributed by atoms with Gasteiger partial charge < -0.3 is 34.5 Å². The molecule has 4 bridgehead atoms. The predicted octanol–water partition coefficient (Wildman–Crippen LogP) is 5.25.